The zero-order chi connectivity index (χ0) is 11.8. The third kappa shape index (κ3) is 4.77. The second kappa shape index (κ2) is 7.42. The molecule has 0 bridgehead atoms. The molecule has 2 N–H and O–H groups in total. The van der Waals surface area contributed by atoms with Crippen LogP contribution in [0.3, 0.4) is 0 Å². The Kier molecular flexibility index (Phi) is 6.12. The van der Waals surface area contributed by atoms with Crippen LogP contribution in [0.2, 0.25) is 0 Å². The first-order valence-electron chi connectivity index (χ1n) is 6.17. The predicted octanol–water partition coefficient (Wildman–Crippen LogP) is 2.37. The molecule has 1 rings (SSSR count). The molecule has 0 aromatic heterocycles. The third-order valence-electron chi connectivity index (χ3n) is 2.98. The van der Waals surface area contributed by atoms with Gasteiger partial charge in [0.25, 0.3) is 0 Å². The van der Waals surface area contributed by atoms with Gasteiger partial charge in [-0.15, -0.1) is 0 Å². The smallest absolute Gasteiger partial charge is 0.0584 e. The van der Waals surface area contributed by atoms with E-state index in [9.17, 15) is 5.11 Å². The summed E-state index contributed by atoms with van der Waals surface area (Å²) in [5.41, 5.74) is 1.34. The SMILES string of the molecule is CCC(C)NC(CO)CCc1ccccc1. The van der Waals surface area contributed by atoms with E-state index < -0.39 is 0 Å². The second-order valence-electron chi connectivity index (χ2n) is 4.38. The van der Waals surface area contributed by atoms with Crippen LogP contribution in [0, 0.1) is 0 Å². The van der Waals surface area contributed by atoms with Crippen molar-refractivity contribution in [2.24, 2.45) is 0 Å². The Morgan fingerprint density at radius 2 is 1.94 bits per heavy atom. The van der Waals surface area contributed by atoms with Crippen molar-refractivity contribution in [3.05, 3.63) is 35.9 Å². The van der Waals surface area contributed by atoms with Crippen molar-refractivity contribution in [2.75, 3.05) is 6.61 Å². The highest BCUT2D eigenvalue weighted by Crippen LogP contribution is 2.05. The van der Waals surface area contributed by atoms with Gasteiger partial charge in [-0.3, -0.25) is 0 Å². The summed E-state index contributed by atoms with van der Waals surface area (Å²) in [4.78, 5) is 0. The summed E-state index contributed by atoms with van der Waals surface area (Å²) >= 11 is 0. The number of aryl methyl sites for hydroxylation is 1. The highest BCUT2D eigenvalue weighted by atomic mass is 16.3. The molecule has 2 heteroatoms. The Hall–Kier alpha value is -0.860. The summed E-state index contributed by atoms with van der Waals surface area (Å²) in [6.07, 6.45) is 3.11. The number of hydrogen-bond donors (Lipinski definition) is 2. The number of aliphatic hydroxyl groups is 1. The topological polar surface area (TPSA) is 32.3 Å². The van der Waals surface area contributed by atoms with Gasteiger partial charge in [0.1, 0.15) is 0 Å². The lowest BCUT2D eigenvalue weighted by atomic mass is 10.0. The maximum absolute atomic E-state index is 9.29. The van der Waals surface area contributed by atoms with E-state index in [0.717, 1.165) is 19.3 Å². The van der Waals surface area contributed by atoms with Gasteiger partial charge in [0.2, 0.25) is 0 Å². The minimum Gasteiger partial charge on any atom is -0.395 e. The number of rotatable bonds is 7. The number of aliphatic hydroxyl groups excluding tert-OH is 1. The lowest BCUT2D eigenvalue weighted by Crippen LogP contribution is -2.39. The lowest BCUT2D eigenvalue weighted by Gasteiger charge is -2.20. The quantitative estimate of drug-likeness (QED) is 0.741. The lowest BCUT2D eigenvalue weighted by molar-refractivity contribution is 0.225. The number of hydrogen-bond acceptors (Lipinski definition) is 2. The Bertz CT molecular complexity index is 273. The van der Waals surface area contributed by atoms with Crippen molar-refractivity contribution in [1.82, 2.24) is 5.32 Å². The zero-order valence-corrected chi connectivity index (χ0v) is 10.3. The molecule has 1 aromatic carbocycles. The van der Waals surface area contributed by atoms with Crippen LogP contribution in [0.1, 0.15) is 32.3 Å². The van der Waals surface area contributed by atoms with Crippen molar-refractivity contribution in [3.63, 3.8) is 0 Å². The molecule has 2 unspecified atom stereocenters. The predicted molar refractivity (Wildman–Crippen MR) is 68.5 cm³/mol. The van der Waals surface area contributed by atoms with Gasteiger partial charge < -0.3 is 10.4 Å². The fraction of sp³-hybridized carbons (Fsp3) is 0.571. The van der Waals surface area contributed by atoms with E-state index in [2.05, 4.69) is 43.4 Å². The van der Waals surface area contributed by atoms with Gasteiger partial charge in [-0.25, -0.2) is 0 Å². The average molecular weight is 221 g/mol. The molecule has 1 aromatic rings. The van der Waals surface area contributed by atoms with Crippen molar-refractivity contribution >= 4 is 0 Å². The summed E-state index contributed by atoms with van der Waals surface area (Å²) < 4.78 is 0. The fourth-order valence-corrected chi connectivity index (χ4v) is 1.73. The molecule has 2 nitrogen and oxygen atoms in total. The monoisotopic (exact) mass is 221 g/mol. The van der Waals surface area contributed by atoms with Crippen LogP contribution in [0.5, 0.6) is 0 Å². The highest BCUT2D eigenvalue weighted by Gasteiger charge is 2.09. The molecule has 0 aliphatic carbocycles. The first-order chi connectivity index (χ1) is 7.76. The van der Waals surface area contributed by atoms with Crippen molar-refractivity contribution in [3.8, 4) is 0 Å². The van der Waals surface area contributed by atoms with E-state index in [0.29, 0.717) is 6.04 Å². The normalized spacial score (nSPS) is 14.7. The Labute approximate surface area is 98.7 Å². The molecule has 0 saturated carbocycles. The fourth-order valence-electron chi connectivity index (χ4n) is 1.73. The molecule has 0 spiro atoms. The molecular formula is C14H23NO. The number of nitrogens with one attached hydrogen (secondary N) is 1. The van der Waals surface area contributed by atoms with Gasteiger partial charge in [-0.2, -0.15) is 0 Å². The molecule has 0 aliphatic heterocycles. The number of benzene rings is 1. The molecule has 90 valence electrons. The molecule has 0 fully saturated rings. The van der Waals surface area contributed by atoms with E-state index in [1.165, 1.54) is 5.56 Å². The van der Waals surface area contributed by atoms with Gasteiger partial charge in [0, 0.05) is 12.1 Å². The van der Waals surface area contributed by atoms with Gasteiger partial charge in [-0.05, 0) is 31.7 Å². The van der Waals surface area contributed by atoms with Crippen LogP contribution in [-0.4, -0.2) is 23.8 Å². The second-order valence-corrected chi connectivity index (χ2v) is 4.38. The summed E-state index contributed by atoms with van der Waals surface area (Å²) in [6, 6.07) is 11.1. The van der Waals surface area contributed by atoms with E-state index >= 15 is 0 Å². The molecule has 0 aliphatic rings. The highest BCUT2D eigenvalue weighted by molar-refractivity contribution is 5.14. The molecule has 0 saturated heterocycles. The van der Waals surface area contributed by atoms with Gasteiger partial charge in [0.15, 0.2) is 0 Å². The van der Waals surface area contributed by atoms with Crippen LogP contribution in [0.15, 0.2) is 30.3 Å². The molecule has 0 radical (unpaired) electrons. The summed E-state index contributed by atoms with van der Waals surface area (Å²) in [6.45, 7) is 4.53. The van der Waals surface area contributed by atoms with Crippen molar-refractivity contribution < 1.29 is 5.11 Å². The minimum atomic E-state index is 0.218. The molecular weight excluding hydrogens is 198 g/mol. The summed E-state index contributed by atoms with van der Waals surface area (Å²) in [7, 11) is 0. The molecule has 0 amide bonds. The first-order valence-corrected chi connectivity index (χ1v) is 6.17. The third-order valence-corrected chi connectivity index (χ3v) is 2.98. The maximum atomic E-state index is 9.29. The van der Waals surface area contributed by atoms with Crippen LogP contribution >= 0.6 is 0 Å². The van der Waals surface area contributed by atoms with Gasteiger partial charge >= 0.3 is 0 Å². The average Bonchev–Trinajstić information content (AvgIpc) is 2.35. The van der Waals surface area contributed by atoms with Crippen molar-refractivity contribution in [2.45, 2.75) is 45.2 Å². The summed E-state index contributed by atoms with van der Waals surface area (Å²) in [5, 5.41) is 12.7. The summed E-state index contributed by atoms with van der Waals surface area (Å²) in [5.74, 6) is 0. The van der Waals surface area contributed by atoms with Gasteiger partial charge in [-0.1, -0.05) is 37.3 Å². The first kappa shape index (κ1) is 13.2. The molecule has 16 heavy (non-hydrogen) atoms. The van der Waals surface area contributed by atoms with Crippen LogP contribution < -0.4 is 5.32 Å². The van der Waals surface area contributed by atoms with Crippen LogP contribution in [0.25, 0.3) is 0 Å². The van der Waals surface area contributed by atoms with E-state index in [1.807, 2.05) is 6.07 Å². The Morgan fingerprint density at radius 1 is 1.25 bits per heavy atom. The Morgan fingerprint density at radius 3 is 2.50 bits per heavy atom. The largest absolute Gasteiger partial charge is 0.395 e. The minimum absolute atomic E-state index is 0.218. The Balaban J connectivity index is 2.34. The molecule has 0 heterocycles. The van der Waals surface area contributed by atoms with E-state index in [1.54, 1.807) is 0 Å². The van der Waals surface area contributed by atoms with Gasteiger partial charge in [0.05, 0.1) is 6.61 Å². The molecule has 2 atom stereocenters. The van der Waals surface area contributed by atoms with Crippen molar-refractivity contribution in [1.29, 1.82) is 0 Å². The van der Waals surface area contributed by atoms with Crippen LogP contribution in [-0.2, 0) is 6.42 Å². The zero-order valence-electron chi connectivity index (χ0n) is 10.3. The van der Waals surface area contributed by atoms with Crippen LogP contribution in [0.4, 0.5) is 0 Å². The van der Waals surface area contributed by atoms with E-state index in [-0.39, 0.29) is 12.6 Å². The standard InChI is InChI=1S/C14H23NO/c1-3-12(2)15-14(11-16)10-9-13-7-5-4-6-8-13/h4-8,12,14-16H,3,9-11H2,1-2H3. The van der Waals surface area contributed by atoms with E-state index in [4.69, 9.17) is 0 Å². The maximum Gasteiger partial charge on any atom is 0.0584 e.